The van der Waals surface area contributed by atoms with Crippen molar-refractivity contribution in [2.45, 2.75) is 105 Å². The molecule has 0 saturated carbocycles. The summed E-state index contributed by atoms with van der Waals surface area (Å²) in [5, 5.41) is 41.6. The van der Waals surface area contributed by atoms with Gasteiger partial charge in [0.15, 0.2) is 0 Å². The van der Waals surface area contributed by atoms with Gasteiger partial charge in [0.05, 0.1) is 51.8 Å². The summed E-state index contributed by atoms with van der Waals surface area (Å²) >= 11 is 0. The monoisotopic (exact) mass is 766 g/mol. The Morgan fingerprint density at radius 2 is 0.907 bits per heavy atom. The second kappa shape index (κ2) is 31.7. The summed E-state index contributed by atoms with van der Waals surface area (Å²) in [6.07, 6.45) is 0.565. The molecule has 2 atom stereocenters. The van der Waals surface area contributed by atoms with Gasteiger partial charge < -0.3 is 59.5 Å². The average molecular weight is 767 g/mol. The van der Waals surface area contributed by atoms with E-state index in [0.717, 1.165) is 22.6 Å². The van der Waals surface area contributed by atoms with E-state index in [0.29, 0.717) is 77.0 Å². The van der Waals surface area contributed by atoms with Crippen LogP contribution >= 0.6 is 0 Å². The molecule has 2 aromatic carbocycles. The number of hydrogen-bond donors (Lipinski definition) is 6. The summed E-state index contributed by atoms with van der Waals surface area (Å²) in [4.78, 5) is 19.1. The summed E-state index contributed by atoms with van der Waals surface area (Å²) in [5.41, 5.74) is 2.17. The molecule has 2 aromatic rings. The van der Waals surface area contributed by atoms with Crippen molar-refractivity contribution in [2.75, 3.05) is 52.7 Å². The second-order valence-corrected chi connectivity index (χ2v) is 13.3. The van der Waals surface area contributed by atoms with Gasteiger partial charge in [-0.2, -0.15) is 0 Å². The fraction of sp³-hybridized carbons (Fsp3) is 0.600. The van der Waals surface area contributed by atoms with E-state index in [1.54, 1.807) is 0 Å². The van der Waals surface area contributed by atoms with Crippen molar-refractivity contribution in [3.8, 4) is 11.5 Å². The summed E-state index contributed by atoms with van der Waals surface area (Å²) in [7, 11) is 0. The Bertz CT molecular complexity index is 1140. The Morgan fingerprint density at radius 3 is 1.19 bits per heavy atom. The van der Waals surface area contributed by atoms with Gasteiger partial charge >= 0.3 is 11.9 Å². The Morgan fingerprint density at radius 1 is 0.574 bits per heavy atom. The van der Waals surface area contributed by atoms with Crippen LogP contribution in [0.5, 0.6) is 11.5 Å². The Hall–Kier alpha value is -3.60. The number of rotatable bonds is 26. The first kappa shape index (κ1) is 50.4. The molecule has 0 heterocycles. The fourth-order valence-electron chi connectivity index (χ4n) is 3.82. The smallest absolute Gasteiger partial charge is 0.328 e. The Balaban J connectivity index is 0.000000867. The maximum atomic E-state index is 9.80. The molecule has 54 heavy (non-hydrogen) atoms. The van der Waals surface area contributed by atoms with E-state index in [4.69, 9.17) is 38.6 Å². The highest BCUT2D eigenvalue weighted by Crippen LogP contribution is 2.14. The van der Waals surface area contributed by atoms with Crippen molar-refractivity contribution in [1.82, 2.24) is 10.6 Å². The van der Waals surface area contributed by atoms with Crippen LogP contribution in [-0.2, 0) is 41.8 Å². The number of aliphatic hydroxyl groups excluding tert-OH is 2. The normalized spacial score (nSPS) is 12.3. The zero-order valence-corrected chi connectivity index (χ0v) is 33.4. The standard InChI is InChI=1S/2C18H31NO4.C4H4O4/c2*1-14(2)19-11-17(20)13-23-18-7-5-16(6-8-18)12-21-9-10-22-15(3)4;5-3(6)1-2-4(7)8/h2*5-8,14-15,17,19-20H,9-13H2,1-4H3;1-2H,(H,5,6)(H,7,8)/t2*17-;/m00./s1. The van der Waals surface area contributed by atoms with Crippen molar-refractivity contribution >= 4 is 11.9 Å². The molecular formula is C40H66N2O12. The number of carboxylic acids is 2. The quantitative estimate of drug-likeness (QED) is 0.0581. The lowest BCUT2D eigenvalue weighted by Crippen LogP contribution is -2.35. The summed E-state index contributed by atoms with van der Waals surface area (Å²) in [6, 6.07) is 16.2. The largest absolute Gasteiger partial charge is 0.491 e. The molecule has 0 unspecified atom stereocenters. The lowest BCUT2D eigenvalue weighted by molar-refractivity contribution is -0.134. The summed E-state index contributed by atoms with van der Waals surface area (Å²) < 4.78 is 33.1. The minimum Gasteiger partial charge on any atom is -0.491 e. The van der Waals surface area contributed by atoms with Crippen LogP contribution in [0.15, 0.2) is 60.7 Å². The molecule has 6 N–H and O–H groups in total. The van der Waals surface area contributed by atoms with E-state index in [1.807, 2.05) is 104 Å². The summed E-state index contributed by atoms with van der Waals surface area (Å²) in [5.74, 6) is -1.01. The molecule has 0 spiro atoms. The zero-order valence-electron chi connectivity index (χ0n) is 33.4. The fourth-order valence-corrected chi connectivity index (χ4v) is 3.82. The number of hydrogen-bond acceptors (Lipinski definition) is 12. The third kappa shape index (κ3) is 33.0. The molecule has 0 aromatic heterocycles. The van der Waals surface area contributed by atoms with Crippen LogP contribution in [0.2, 0.25) is 0 Å². The van der Waals surface area contributed by atoms with Crippen LogP contribution in [0, 0.1) is 0 Å². The highest BCUT2D eigenvalue weighted by molar-refractivity contribution is 5.89. The van der Waals surface area contributed by atoms with Gasteiger partial charge in [-0.05, 0) is 63.1 Å². The van der Waals surface area contributed by atoms with Gasteiger partial charge in [0, 0.05) is 37.3 Å². The van der Waals surface area contributed by atoms with Crippen LogP contribution in [0.4, 0.5) is 0 Å². The highest BCUT2D eigenvalue weighted by Gasteiger charge is 2.07. The third-order valence-electron chi connectivity index (χ3n) is 6.52. The van der Waals surface area contributed by atoms with E-state index in [2.05, 4.69) is 10.6 Å². The lowest BCUT2D eigenvalue weighted by Gasteiger charge is -2.15. The van der Waals surface area contributed by atoms with Crippen LogP contribution < -0.4 is 20.1 Å². The molecule has 0 amide bonds. The first-order valence-corrected chi connectivity index (χ1v) is 18.4. The lowest BCUT2D eigenvalue weighted by atomic mass is 10.2. The average Bonchev–Trinajstić information content (AvgIpc) is 3.11. The zero-order chi connectivity index (χ0) is 40.7. The van der Waals surface area contributed by atoms with E-state index in [-0.39, 0.29) is 25.4 Å². The van der Waals surface area contributed by atoms with Crippen LogP contribution in [0.3, 0.4) is 0 Å². The first-order valence-electron chi connectivity index (χ1n) is 18.4. The number of aliphatic carboxylic acids is 2. The molecule has 0 radical (unpaired) electrons. The molecule has 0 aliphatic heterocycles. The molecule has 308 valence electrons. The predicted octanol–water partition coefficient (Wildman–Crippen LogP) is 4.44. The number of carboxylic acid groups (broad SMARTS) is 2. The third-order valence-corrected chi connectivity index (χ3v) is 6.52. The van der Waals surface area contributed by atoms with E-state index in [1.165, 1.54) is 0 Å². The SMILES string of the molecule is CC(C)NC[C@H](O)COc1ccc(COCCOC(C)C)cc1.CC(C)NC[C@H](O)COc1ccc(COCCOC(C)C)cc1.O=C(O)C=CC(=O)O. The van der Waals surface area contributed by atoms with E-state index in [9.17, 15) is 19.8 Å². The van der Waals surface area contributed by atoms with Gasteiger partial charge in [0.2, 0.25) is 0 Å². The molecule has 14 nitrogen and oxygen atoms in total. The maximum Gasteiger partial charge on any atom is 0.328 e. The number of aliphatic hydroxyl groups is 2. The van der Waals surface area contributed by atoms with Gasteiger partial charge in [-0.15, -0.1) is 0 Å². The van der Waals surface area contributed by atoms with Crippen LogP contribution in [0.1, 0.15) is 66.5 Å². The number of benzene rings is 2. The molecule has 0 saturated heterocycles. The number of ether oxygens (including phenoxy) is 6. The van der Waals surface area contributed by atoms with Gasteiger partial charge in [0.1, 0.15) is 36.9 Å². The van der Waals surface area contributed by atoms with Crippen molar-refractivity contribution in [2.24, 2.45) is 0 Å². The molecular weight excluding hydrogens is 700 g/mol. The highest BCUT2D eigenvalue weighted by atomic mass is 16.5. The number of nitrogens with one attached hydrogen (secondary N) is 2. The second-order valence-electron chi connectivity index (χ2n) is 13.3. The maximum absolute atomic E-state index is 9.80. The van der Waals surface area contributed by atoms with Crippen LogP contribution in [-0.4, -0.2) is 122 Å². The minimum absolute atomic E-state index is 0.237. The van der Waals surface area contributed by atoms with Crippen LogP contribution in [0.25, 0.3) is 0 Å². The van der Waals surface area contributed by atoms with Crippen molar-refractivity contribution < 1.29 is 58.4 Å². The molecule has 0 aliphatic rings. The van der Waals surface area contributed by atoms with Gasteiger partial charge in [-0.1, -0.05) is 52.0 Å². The summed E-state index contributed by atoms with van der Waals surface area (Å²) in [6.45, 7) is 21.4. The van der Waals surface area contributed by atoms with Crippen molar-refractivity contribution in [3.63, 3.8) is 0 Å². The predicted molar refractivity (Wildman–Crippen MR) is 208 cm³/mol. The van der Waals surface area contributed by atoms with E-state index < -0.39 is 24.1 Å². The topological polar surface area (TPSA) is 194 Å². The Kier molecular flexibility index (Phi) is 29.6. The van der Waals surface area contributed by atoms with Crippen molar-refractivity contribution in [3.05, 3.63) is 71.8 Å². The number of carbonyl (C=O) groups is 2. The molecule has 0 fully saturated rings. The first-order chi connectivity index (χ1) is 25.6. The molecule has 0 aliphatic carbocycles. The van der Waals surface area contributed by atoms with Gasteiger partial charge in [-0.25, -0.2) is 9.59 Å². The van der Waals surface area contributed by atoms with Gasteiger partial charge in [0.25, 0.3) is 0 Å². The minimum atomic E-state index is -1.26. The molecule has 2 rings (SSSR count). The van der Waals surface area contributed by atoms with Crippen molar-refractivity contribution in [1.29, 1.82) is 0 Å². The molecule has 0 bridgehead atoms. The van der Waals surface area contributed by atoms with E-state index >= 15 is 0 Å². The Labute approximate surface area is 321 Å². The van der Waals surface area contributed by atoms with Gasteiger partial charge in [-0.3, -0.25) is 0 Å². The molecule has 14 heteroatoms.